The smallest absolute Gasteiger partial charge is 0.254 e. The molecule has 27 heavy (non-hydrogen) atoms. The Bertz CT molecular complexity index is 829. The molecule has 0 unspecified atom stereocenters. The second kappa shape index (κ2) is 8.12. The van der Waals surface area contributed by atoms with Crippen molar-refractivity contribution in [2.75, 3.05) is 13.7 Å². The fourth-order valence-corrected chi connectivity index (χ4v) is 2.97. The van der Waals surface area contributed by atoms with Gasteiger partial charge in [-0.3, -0.25) is 9.59 Å². The Morgan fingerprint density at radius 3 is 2.30 bits per heavy atom. The van der Waals surface area contributed by atoms with E-state index < -0.39 is 5.91 Å². The van der Waals surface area contributed by atoms with Crippen molar-refractivity contribution >= 4 is 11.8 Å². The van der Waals surface area contributed by atoms with Crippen LogP contribution in [0.5, 0.6) is 11.5 Å². The Hall–Kier alpha value is -3.02. The van der Waals surface area contributed by atoms with E-state index in [-0.39, 0.29) is 11.9 Å². The SMILES string of the molecule is CCOc1ccc(C(=O)N(Cc2ccc(C(N)=O)cc2)C2CC2)cc1OC. The van der Waals surface area contributed by atoms with Crippen molar-refractivity contribution in [1.82, 2.24) is 4.90 Å². The van der Waals surface area contributed by atoms with Crippen molar-refractivity contribution in [3.05, 3.63) is 59.2 Å². The summed E-state index contributed by atoms with van der Waals surface area (Å²) in [6.07, 6.45) is 2.00. The van der Waals surface area contributed by atoms with Crippen LogP contribution in [0, 0.1) is 0 Å². The molecule has 6 nitrogen and oxygen atoms in total. The molecule has 0 atom stereocenters. The third-order valence-electron chi connectivity index (χ3n) is 4.55. The molecule has 1 aliphatic rings. The van der Waals surface area contributed by atoms with E-state index in [9.17, 15) is 9.59 Å². The summed E-state index contributed by atoms with van der Waals surface area (Å²) in [5.74, 6) is 0.664. The Balaban J connectivity index is 1.80. The molecule has 0 heterocycles. The Morgan fingerprint density at radius 1 is 1.07 bits per heavy atom. The third kappa shape index (κ3) is 4.39. The van der Waals surface area contributed by atoms with Gasteiger partial charge in [-0.15, -0.1) is 0 Å². The first-order valence-electron chi connectivity index (χ1n) is 9.04. The van der Waals surface area contributed by atoms with E-state index in [0.29, 0.717) is 35.8 Å². The van der Waals surface area contributed by atoms with Crippen LogP contribution in [0.1, 0.15) is 46.0 Å². The summed E-state index contributed by atoms with van der Waals surface area (Å²) in [6, 6.07) is 12.5. The van der Waals surface area contributed by atoms with Gasteiger partial charge in [0.15, 0.2) is 11.5 Å². The largest absolute Gasteiger partial charge is 0.493 e. The summed E-state index contributed by atoms with van der Waals surface area (Å²) in [7, 11) is 1.56. The predicted molar refractivity (Wildman–Crippen MR) is 102 cm³/mol. The number of benzene rings is 2. The molecule has 2 aromatic carbocycles. The normalized spacial score (nSPS) is 13.1. The van der Waals surface area contributed by atoms with Gasteiger partial charge < -0.3 is 20.1 Å². The predicted octanol–water partition coefficient (Wildman–Crippen LogP) is 3.00. The fraction of sp³-hybridized carbons (Fsp3) is 0.333. The minimum Gasteiger partial charge on any atom is -0.493 e. The van der Waals surface area contributed by atoms with Crippen molar-refractivity contribution in [2.24, 2.45) is 5.73 Å². The third-order valence-corrected chi connectivity index (χ3v) is 4.55. The van der Waals surface area contributed by atoms with Gasteiger partial charge in [-0.25, -0.2) is 0 Å². The number of nitrogens with zero attached hydrogens (tertiary/aromatic N) is 1. The molecule has 0 aromatic heterocycles. The first kappa shape index (κ1) is 18.8. The molecule has 142 valence electrons. The highest BCUT2D eigenvalue weighted by Gasteiger charge is 2.33. The molecule has 0 aliphatic heterocycles. The lowest BCUT2D eigenvalue weighted by Gasteiger charge is -2.23. The summed E-state index contributed by atoms with van der Waals surface area (Å²) in [5, 5.41) is 0. The van der Waals surface area contributed by atoms with Crippen molar-refractivity contribution in [2.45, 2.75) is 32.4 Å². The highest BCUT2D eigenvalue weighted by Crippen LogP contribution is 2.32. The van der Waals surface area contributed by atoms with E-state index in [4.69, 9.17) is 15.2 Å². The highest BCUT2D eigenvalue weighted by atomic mass is 16.5. The van der Waals surface area contributed by atoms with Crippen molar-refractivity contribution < 1.29 is 19.1 Å². The van der Waals surface area contributed by atoms with Gasteiger partial charge in [-0.2, -0.15) is 0 Å². The van der Waals surface area contributed by atoms with Gasteiger partial charge in [-0.1, -0.05) is 12.1 Å². The monoisotopic (exact) mass is 368 g/mol. The molecular weight excluding hydrogens is 344 g/mol. The van der Waals surface area contributed by atoms with E-state index in [0.717, 1.165) is 18.4 Å². The van der Waals surface area contributed by atoms with Crippen LogP contribution in [0.15, 0.2) is 42.5 Å². The number of primary amides is 1. The number of nitrogens with two attached hydrogens (primary N) is 1. The summed E-state index contributed by atoms with van der Waals surface area (Å²) in [4.78, 5) is 26.2. The summed E-state index contributed by atoms with van der Waals surface area (Å²) in [5.41, 5.74) is 7.26. The average Bonchev–Trinajstić information content (AvgIpc) is 3.51. The van der Waals surface area contributed by atoms with Crippen molar-refractivity contribution in [3.8, 4) is 11.5 Å². The van der Waals surface area contributed by atoms with E-state index >= 15 is 0 Å². The zero-order valence-corrected chi connectivity index (χ0v) is 15.6. The first-order valence-corrected chi connectivity index (χ1v) is 9.04. The number of carbonyl (C=O) groups is 2. The summed E-state index contributed by atoms with van der Waals surface area (Å²) in [6.45, 7) is 2.91. The lowest BCUT2D eigenvalue weighted by molar-refractivity contribution is 0.0729. The number of ether oxygens (including phenoxy) is 2. The van der Waals surface area contributed by atoms with Gasteiger partial charge in [0.05, 0.1) is 13.7 Å². The first-order chi connectivity index (χ1) is 13.0. The molecule has 2 amide bonds. The molecule has 3 rings (SSSR count). The second-order valence-corrected chi connectivity index (χ2v) is 6.52. The van der Waals surface area contributed by atoms with Gasteiger partial charge in [0, 0.05) is 23.7 Å². The number of hydrogen-bond acceptors (Lipinski definition) is 4. The molecular formula is C21H24N2O4. The lowest BCUT2D eigenvalue weighted by atomic mass is 10.1. The topological polar surface area (TPSA) is 81.9 Å². The molecule has 6 heteroatoms. The number of rotatable bonds is 8. The zero-order chi connectivity index (χ0) is 19.4. The van der Waals surface area contributed by atoms with Crippen LogP contribution in [0.2, 0.25) is 0 Å². The van der Waals surface area contributed by atoms with Crippen molar-refractivity contribution in [3.63, 3.8) is 0 Å². The van der Waals surface area contributed by atoms with Crippen LogP contribution in [0.4, 0.5) is 0 Å². The average molecular weight is 368 g/mol. The van der Waals surface area contributed by atoms with Gasteiger partial charge >= 0.3 is 0 Å². The van der Waals surface area contributed by atoms with Gasteiger partial charge in [0.1, 0.15) is 0 Å². The van der Waals surface area contributed by atoms with E-state index in [1.54, 1.807) is 37.4 Å². The Kier molecular flexibility index (Phi) is 5.64. The van der Waals surface area contributed by atoms with Crippen LogP contribution >= 0.6 is 0 Å². The van der Waals surface area contributed by atoms with E-state index in [1.807, 2.05) is 24.0 Å². The standard InChI is InChI=1S/C21H24N2O4/c1-3-27-18-11-8-16(12-19(18)26-2)21(25)23(17-9-10-17)13-14-4-6-15(7-5-14)20(22)24/h4-8,11-12,17H,3,9-10,13H2,1-2H3,(H2,22,24). The van der Waals surface area contributed by atoms with Crippen LogP contribution in [0.25, 0.3) is 0 Å². The zero-order valence-electron chi connectivity index (χ0n) is 15.6. The molecule has 2 N–H and O–H groups in total. The number of hydrogen-bond donors (Lipinski definition) is 1. The molecule has 1 saturated carbocycles. The number of amides is 2. The maximum absolute atomic E-state index is 13.1. The lowest BCUT2D eigenvalue weighted by Crippen LogP contribution is -2.32. The van der Waals surface area contributed by atoms with Crippen LogP contribution in [0.3, 0.4) is 0 Å². The Labute approximate surface area is 158 Å². The number of methoxy groups -OCH3 is 1. The molecule has 0 bridgehead atoms. The minimum atomic E-state index is -0.460. The van der Waals surface area contributed by atoms with Crippen LogP contribution in [-0.2, 0) is 6.54 Å². The van der Waals surface area contributed by atoms with Gasteiger partial charge in [0.25, 0.3) is 5.91 Å². The van der Waals surface area contributed by atoms with Gasteiger partial charge in [-0.05, 0) is 55.7 Å². The second-order valence-electron chi connectivity index (χ2n) is 6.52. The number of carbonyl (C=O) groups excluding carboxylic acids is 2. The van der Waals surface area contributed by atoms with Crippen LogP contribution < -0.4 is 15.2 Å². The molecule has 0 spiro atoms. The summed E-state index contributed by atoms with van der Waals surface area (Å²) < 4.78 is 10.9. The van der Waals surface area contributed by atoms with E-state index in [1.165, 1.54) is 0 Å². The van der Waals surface area contributed by atoms with Crippen molar-refractivity contribution in [1.29, 1.82) is 0 Å². The Morgan fingerprint density at radius 2 is 1.74 bits per heavy atom. The molecule has 0 saturated heterocycles. The molecule has 1 fully saturated rings. The van der Waals surface area contributed by atoms with E-state index in [2.05, 4.69) is 0 Å². The fourth-order valence-electron chi connectivity index (χ4n) is 2.97. The van der Waals surface area contributed by atoms with Crippen LogP contribution in [-0.4, -0.2) is 36.5 Å². The maximum atomic E-state index is 13.1. The quantitative estimate of drug-likeness (QED) is 0.776. The molecule has 0 radical (unpaired) electrons. The minimum absolute atomic E-state index is 0.0437. The molecule has 1 aliphatic carbocycles. The highest BCUT2D eigenvalue weighted by molar-refractivity contribution is 5.95. The molecule has 2 aromatic rings. The van der Waals surface area contributed by atoms with Gasteiger partial charge in [0.2, 0.25) is 5.91 Å². The maximum Gasteiger partial charge on any atom is 0.254 e. The summed E-state index contributed by atoms with van der Waals surface area (Å²) >= 11 is 0.